The van der Waals surface area contributed by atoms with Crippen LogP contribution in [0, 0.1) is 5.82 Å². The molecule has 0 amide bonds. The molecule has 1 aromatic heterocycles. The van der Waals surface area contributed by atoms with Crippen molar-refractivity contribution in [2.75, 3.05) is 0 Å². The Morgan fingerprint density at radius 1 is 1.53 bits per heavy atom. The van der Waals surface area contributed by atoms with Crippen molar-refractivity contribution in [3.05, 3.63) is 47.5 Å². The van der Waals surface area contributed by atoms with E-state index in [0.717, 1.165) is 5.56 Å². The highest BCUT2D eigenvalue weighted by molar-refractivity contribution is 5.73. The van der Waals surface area contributed by atoms with Crippen LogP contribution in [-0.4, -0.2) is 32.1 Å². The predicted molar refractivity (Wildman–Crippen MR) is 64.8 cm³/mol. The van der Waals surface area contributed by atoms with Gasteiger partial charge >= 0.3 is 5.97 Å². The summed E-state index contributed by atoms with van der Waals surface area (Å²) in [6.45, 7) is 0.368. The van der Waals surface area contributed by atoms with Gasteiger partial charge in [-0.05, 0) is 17.7 Å². The van der Waals surface area contributed by atoms with E-state index in [2.05, 4.69) is 10.3 Å². The van der Waals surface area contributed by atoms with E-state index in [4.69, 9.17) is 10.8 Å². The van der Waals surface area contributed by atoms with Gasteiger partial charge in [0.05, 0.1) is 12.2 Å². The maximum atomic E-state index is 13.0. The average Bonchev–Trinajstić information content (AvgIpc) is 2.76. The summed E-state index contributed by atoms with van der Waals surface area (Å²) in [6, 6.07) is 5.15. The fraction of sp³-hybridized carbons (Fsp3) is 0.250. The second-order valence-electron chi connectivity index (χ2n) is 4.19. The van der Waals surface area contributed by atoms with Gasteiger partial charge in [0.1, 0.15) is 11.9 Å². The predicted octanol–water partition coefficient (Wildman–Crippen LogP) is 0.420. The number of hydrogen-bond donors (Lipinski definition) is 2. The van der Waals surface area contributed by atoms with Crippen molar-refractivity contribution in [1.29, 1.82) is 0 Å². The molecule has 6 nitrogen and oxygen atoms in total. The summed E-state index contributed by atoms with van der Waals surface area (Å²) in [7, 11) is 0. The van der Waals surface area contributed by atoms with Gasteiger partial charge in [-0.3, -0.25) is 4.79 Å². The van der Waals surface area contributed by atoms with Crippen LogP contribution in [0.25, 0.3) is 0 Å². The second kappa shape index (κ2) is 5.57. The molecule has 0 aliphatic carbocycles. The van der Waals surface area contributed by atoms with Crippen molar-refractivity contribution in [1.82, 2.24) is 15.0 Å². The van der Waals surface area contributed by atoms with Crippen molar-refractivity contribution in [3.8, 4) is 0 Å². The van der Waals surface area contributed by atoms with Crippen LogP contribution in [0.4, 0.5) is 4.39 Å². The van der Waals surface area contributed by atoms with Crippen LogP contribution in [0.3, 0.4) is 0 Å². The normalized spacial score (nSPS) is 12.3. The van der Waals surface area contributed by atoms with Gasteiger partial charge in [-0.2, -0.15) is 0 Å². The Labute approximate surface area is 108 Å². The number of aliphatic carboxylic acids is 1. The molecule has 1 unspecified atom stereocenters. The van der Waals surface area contributed by atoms with Crippen LogP contribution < -0.4 is 5.73 Å². The maximum absolute atomic E-state index is 13.0. The molecule has 1 heterocycles. The maximum Gasteiger partial charge on any atom is 0.320 e. The molecule has 1 aromatic carbocycles. The number of nitrogens with zero attached hydrogens (tertiary/aromatic N) is 3. The Morgan fingerprint density at radius 2 is 2.32 bits per heavy atom. The Hall–Kier alpha value is -2.28. The molecule has 0 aliphatic heterocycles. The third kappa shape index (κ3) is 3.59. The van der Waals surface area contributed by atoms with Crippen molar-refractivity contribution < 1.29 is 14.3 Å². The topological polar surface area (TPSA) is 94.0 Å². The first-order chi connectivity index (χ1) is 9.04. The van der Waals surface area contributed by atoms with Gasteiger partial charge in [0.25, 0.3) is 0 Å². The smallest absolute Gasteiger partial charge is 0.320 e. The lowest BCUT2D eigenvalue weighted by Gasteiger charge is -2.02. The minimum absolute atomic E-state index is 0.110. The van der Waals surface area contributed by atoms with Crippen LogP contribution in [0.5, 0.6) is 0 Å². The van der Waals surface area contributed by atoms with Crippen molar-refractivity contribution in [2.45, 2.75) is 19.0 Å². The Morgan fingerprint density at radius 3 is 3.00 bits per heavy atom. The molecule has 19 heavy (non-hydrogen) atoms. The number of rotatable bonds is 5. The van der Waals surface area contributed by atoms with Crippen molar-refractivity contribution >= 4 is 5.97 Å². The first-order valence-electron chi connectivity index (χ1n) is 5.66. The lowest BCUT2D eigenvalue weighted by molar-refractivity contribution is -0.138. The van der Waals surface area contributed by atoms with Crippen LogP contribution in [0.2, 0.25) is 0 Å². The third-order valence-electron chi connectivity index (χ3n) is 2.57. The van der Waals surface area contributed by atoms with Gasteiger partial charge < -0.3 is 10.8 Å². The summed E-state index contributed by atoms with van der Waals surface area (Å²) in [5, 5.41) is 16.4. The van der Waals surface area contributed by atoms with E-state index in [1.165, 1.54) is 16.8 Å². The van der Waals surface area contributed by atoms with E-state index >= 15 is 0 Å². The van der Waals surface area contributed by atoms with Gasteiger partial charge in [-0.1, -0.05) is 17.3 Å². The minimum atomic E-state index is -1.08. The zero-order valence-corrected chi connectivity index (χ0v) is 10.0. The monoisotopic (exact) mass is 264 g/mol. The molecule has 2 aromatic rings. The van der Waals surface area contributed by atoms with E-state index < -0.39 is 12.0 Å². The first-order valence-corrected chi connectivity index (χ1v) is 5.66. The molecule has 7 heteroatoms. The molecular weight excluding hydrogens is 251 g/mol. The Balaban J connectivity index is 2.03. The number of hydrogen-bond acceptors (Lipinski definition) is 4. The molecule has 2 rings (SSSR count). The minimum Gasteiger partial charge on any atom is -0.480 e. The molecule has 3 N–H and O–H groups in total. The van der Waals surface area contributed by atoms with Gasteiger partial charge in [0, 0.05) is 12.6 Å². The molecule has 100 valence electrons. The number of benzene rings is 1. The van der Waals surface area contributed by atoms with Gasteiger partial charge in [0.15, 0.2) is 0 Å². The number of nitrogens with two attached hydrogens (primary N) is 1. The zero-order chi connectivity index (χ0) is 13.8. The third-order valence-corrected chi connectivity index (χ3v) is 2.57. The molecule has 0 saturated carbocycles. The SMILES string of the molecule is NC(Cc1cn(Cc2cccc(F)c2)nn1)C(=O)O. The fourth-order valence-electron chi connectivity index (χ4n) is 1.64. The second-order valence-corrected chi connectivity index (χ2v) is 4.19. The Kier molecular flexibility index (Phi) is 3.86. The fourth-order valence-corrected chi connectivity index (χ4v) is 1.64. The molecule has 0 saturated heterocycles. The summed E-state index contributed by atoms with van der Waals surface area (Å²) in [6.07, 6.45) is 1.71. The highest BCUT2D eigenvalue weighted by atomic mass is 19.1. The summed E-state index contributed by atoms with van der Waals surface area (Å²) in [5.74, 6) is -1.40. The number of carbonyl (C=O) groups is 1. The molecule has 0 aliphatic rings. The quantitative estimate of drug-likeness (QED) is 0.816. The summed E-state index contributed by atoms with van der Waals surface area (Å²) >= 11 is 0. The molecular formula is C12H13FN4O2. The number of halogens is 1. The summed E-state index contributed by atoms with van der Waals surface area (Å²) in [4.78, 5) is 10.6. The molecule has 1 atom stereocenters. The highest BCUT2D eigenvalue weighted by Gasteiger charge is 2.14. The molecule has 0 bridgehead atoms. The van der Waals surface area contributed by atoms with E-state index in [9.17, 15) is 9.18 Å². The molecule has 0 fully saturated rings. The lowest BCUT2D eigenvalue weighted by atomic mass is 10.2. The largest absolute Gasteiger partial charge is 0.480 e. The van der Waals surface area contributed by atoms with Gasteiger partial charge in [0.2, 0.25) is 0 Å². The highest BCUT2D eigenvalue weighted by Crippen LogP contribution is 2.06. The van der Waals surface area contributed by atoms with Crippen LogP contribution >= 0.6 is 0 Å². The van der Waals surface area contributed by atoms with E-state index in [0.29, 0.717) is 12.2 Å². The first kappa shape index (κ1) is 13.2. The summed E-state index contributed by atoms with van der Waals surface area (Å²) in [5.41, 5.74) is 6.65. The zero-order valence-electron chi connectivity index (χ0n) is 10.0. The van der Waals surface area contributed by atoms with E-state index in [-0.39, 0.29) is 12.2 Å². The van der Waals surface area contributed by atoms with Gasteiger partial charge in [-0.15, -0.1) is 5.10 Å². The number of aromatic nitrogens is 3. The molecule has 0 radical (unpaired) electrons. The summed E-state index contributed by atoms with van der Waals surface area (Å²) < 4.78 is 14.5. The van der Waals surface area contributed by atoms with Crippen LogP contribution in [0.15, 0.2) is 30.5 Å². The van der Waals surface area contributed by atoms with Crippen molar-refractivity contribution in [3.63, 3.8) is 0 Å². The van der Waals surface area contributed by atoms with Crippen molar-refractivity contribution in [2.24, 2.45) is 5.73 Å². The number of carboxylic acids is 1. The van der Waals surface area contributed by atoms with E-state index in [1.807, 2.05) is 0 Å². The van der Waals surface area contributed by atoms with Crippen LogP contribution in [0.1, 0.15) is 11.3 Å². The van der Waals surface area contributed by atoms with E-state index in [1.54, 1.807) is 18.3 Å². The standard InChI is InChI=1S/C12H13FN4O2/c13-9-3-1-2-8(4-9)6-17-7-10(15-16-17)5-11(14)12(18)19/h1-4,7,11H,5-6,14H2,(H,18,19). The van der Waals surface area contributed by atoms with Crippen LogP contribution in [-0.2, 0) is 17.8 Å². The van der Waals surface area contributed by atoms with Gasteiger partial charge in [-0.25, -0.2) is 9.07 Å². The number of carboxylic acid groups (broad SMARTS) is 1. The Bertz CT molecular complexity index is 585. The average molecular weight is 264 g/mol. The lowest BCUT2D eigenvalue weighted by Crippen LogP contribution is -2.32. The molecule has 0 spiro atoms.